The fourth-order valence-electron chi connectivity index (χ4n) is 3.54. The van der Waals surface area contributed by atoms with Crippen LogP contribution in [0.1, 0.15) is 37.9 Å². The average Bonchev–Trinajstić information content (AvgIpc) is 2.75. The summed E-state index contributed by atoms with van der Waals surface area (Å²) < 4.78 is 5.32. The van der Waals surface area contributed by atoms with Gasteiger partial charge in [0, 0.05) is 18.8 Å². The first kappa shape index (κ1) is 20.5. The van der Waals surface area contributed by atoms with Crippen LogP contribution >= 0.6 is 0 Å². The first-order chi connectivity index (χ1) is 14.1. The van der Waals surface area contributed by atoms with Crippen molar-refractivity contribution in [3.63, 3.8) is 0 Å². The molecule has 1 atom stereocenters. The summed E-state index contributed by atoms with van der Waals surface area (Å²) in [6.07, 6.45) is 0. The monoisotopic (exact) mass is 393 g/mol. The van der Waals surface area contributed by atoms with Gasteiger partial charge >= 0.3 is 12.0 Å². The van der Waals surface area contributed by atoms with Crippen LogP contribution in [0.5, 0.6) is 0 Å². The van der Waals surface area contributed by atoms with Crippen molar-refractivity contribution >= 4 is 23.4 Å². The quantitative estimate of drug-likeness (QED) is 0.701. The maximum atomic E-state index is 12.9. The number of urea groups is 1. The third-order valence-corrected chi connectivity index (χ3v) is 4.98. The summed E-state index contributed by atoms with van der Waals surface area (Å²) in [6, 6.07) is 16.3. The molecule has 0 spiro atoms. The van der Waals surface area contributed by atoms with Crippen molar-refractivity contribution in [3.05, 3.63) is 71.3 Å². The van der Waals surface area contributed by atoms with Gasteiger partial charge in [-0.25, -0.2) is 9.59 Å². The Balaban J connectivity index is 2.07. The predicted octanol–water partition coefficient (Wildman–Crippen LogP) is 3.86. The lowest BCUT2D eigenvalue weighted by molar-refractivity contribution is -0.138. The zero-order valence-corrected chi connectivity index (χ0v) is 17.1. The van der Waals surface area contributed by atoms with Crippen LogP contribution < -0.4 is 15.5 Å². The van der Waals surface area contributed by atoms with E-state index in [1.165, 1.54) is 0 Å². The molecule has 1 aliphatic heterocycles. The summed E-state index contributed by atoms with van der Waals surface area (Å²) in [5.74, 6) is -0.448. The van der Waals surface area contributed by atoms with Crippen molar-refractivity contribution in [2.75, 3.05) is 24.6 Å². The lowest BCUT2D eigenvalue weighted by Gasteiger charge is -2.30. The molecule has 2 N–H and O–H groups in total. The number of amides is 2. The number of esters is 1. The standard InChI is InChI=1S/C23H27N3O3/c1-4-26(5-2)18-14-12-17(13-15-18)21-19(22(27)29-6-3)20(24-23(28)25-21)16-10-8-7-9-11-16/h7-15,21H,4-6H2,1-3H3,(H2,24,25,28). The van der Waals surface area contributed by atoms with Gasteiger partial charge in [-0.3, -0.25) is 0 Å². The minimum absolute atomic E-state index is 0.256. The average molecular weight is 393 g/mol. The fraction of sp³-hybridized carbons (Fsp3) is 0.304. The Bertz CT molecular complexity index is 887. The molecule has 0 fully saturated rings. The van der Waals surface area contributed by atoms with E-state index in [-0.39, 0.29) is 12.6 Å². The summed E-state index contributed by atoms with van der Waals surface area (Å²) >= 11 is 0. The Morgan fingerprint density at radius 2 is 1.66 bits per heavy atom. The zero-order chi connectivity index (χ0) is 20.8. The van der Waals surface area contributed by atoms with Gasteiger partial charge in [0.25, 0.3) is 0 Å². The molecule has 2 amide bonds. The van der Waals surface area contributed by atoms with Crippen molar-refractivity contribution in [1.82, 2.24) is 10.6 Å². The smallest absolute Gasteiger partial charge is 0.338 e. The number of ether oxygens (including phenoxy) is 1. The van der Waals surface area contributed by atoms with Gasteiger partial charge in [-0.1, -0.05) is 42.5 Å². The topological polar surface area (TPSA) is 70.7 Å². The Morgan fingerprint density at radius 3 is 2.24 bits per heavy atom. The molecular formula is C23H27N3O3. The second kappa shape index (κ2) is 9.28. The predicted molar refractivity (Wildman–Crippen MR) is 114 cm³/mol. The van der Waals surface area contributed by atoms with E-state index in [4.69, 9.17) is 4.74 Å². The number of benzene rings is 2. The Morgan fingerprint density at radius 1 is 1.00 bits per heavy atom. The molecule has 152 valence electrons. The van der Waals surface area contributed by atoms with Crippen LogP contribution in [0, 0.1) is 0 Å². The number of hydrogen-bond acceptors (Lipinski definition) is 4. The summed E-state index contributed by atoms with van der Waals surface area (Å²) in [4.78, 5) is 27.5. The van der Waals surface area contributed by atoms with Gasteiger partial charge in [-0.2, -0.15) is 0 Å². The molecule has 29 heavy (non-hydrogen) atoms. The number of carbonyl (C=O) groups is 2. The fourth-order valence-corrected chi connectivity index (χ4v) is 3.54. The van der Waals surface area contributed by atoms with Gasteiger partial charge in [0.15, 0.2) is 0 Å². The van der Waals surface area contributed by atoms with Crippen molar-refractivity contribution in [1.29, 1.82) is 0 Å². The van der Waals surface area contributed by atoms with Gasteiger partial charge in [-0.05, 0) is 44.0 Å². The van der Waals surface area contributed by atoms with Crippen molar-refractivity contribution in [3.8, 4) is 0 Å². The van der Waals surface area contributed by atoms with E-state index in [1.54, 1.807) is 6.92 Å². The molecule has 1 aliphatic rings. The first-order valence-corrected chi connectivity index (χ1v) is 9.98. The highest BCUT2D eigenvalue weighted by molar-refractivity contribution is 6.04. The number of rotatable bonds is 7. The second-order valence-corrected chi connectivity index (χ2v) is 6.67. The number of carbonyl (C=O) groups excluding carboxylic acids is 2. The van der Waals surface area contributed by atoms with Crippen LogP contribution in [0.2, 0.25) is 0 Å². The van der Waals surface area contributed by atoms with Crippen LogP contribution in [0.25, 0.3) is 5.70 Å². The normalized spacial score (nSPS) is 16.1. The highest BCUT2D eigenvalue weighted by Crippen LogP contribution is 2.32. The van der Waals surface area contributed by atoms with Gasteiger partial charge in [0.2, 0.25) is 0 Å². The van der Waals surface area contributed by atoms with Crippen LogP contribution in [-0.4, -0.2) is 31.7 Å². The SMILES string of the molecule is CCOC(=O)C1=C(c2ccccc2)NC(=O)NC1c1ccc(N(CC)CC)cc1. The van der Waals surface area contributed by atoms with E-state index in [0.717, 1.165) is 29.9 Å². The highest BCUT2D eigenvalue weighted by atomic mass is 16.5. The lowest BCUT2D eigenvalue weighted by atomic mass is 9.92. The molecule has 1 unspecified atom stereocenters. The number of nitrogens with zero attached hydrogens (tertiary/aromatic N) is 1. The maximum Gasteiger partial charge on any atom is 0.338 e. The van der Waals surface area contributed by atoms with E-state index in [2.05, 4.69) is 29.4 Å². The molecule has 0 aliphatic carbocycles. The van der Waals surface area contributed by atoms with E-state index in [1.807, 2.05) is 54.6 Å². The van der Waals surface area contributed by atoms with E-state index >= 15 is 0 Å². The molecule has 6 nitrogen and oxygen atoms in total. The molecule has 0 saturated carbocycles. The van der Waals surface area contributed by atoms with Crippen molar-refractivity contribution in [2.24, 2.45) is 0 Å². The molecule has 2 aromatic carbocycles. The second-order valence-electron chi connectivity index (χ2n) is 6.67. The van der Waals surface area contributed by atoms with Crippen molar-refractivity contribution in [2.45, 2.75) is 26.8 Å². The maximum absolute atomic E-state index is 12.9. The molecule has 3 rings (SSSR count). The van der Waals surface area contributed by atoms with E-state index < -0.39 is 12.0 Å². The number of nitrogens with one attached hydrogen (secondary N) is 2. The lowest BCUT2D eigenvalue weighted by Crippen LogP contribution is -2.45. The van der Waals surface area contributed by atoms with Gasteiger partial charge in [0.1, 0.15) is 0 Å². The highest BCUT2D eigenvalue weighted by Gasteiger charge is 2.34. The Hall–Kier alpha value is -3.28. The summed E-state index contributed by atoms with van der Waals surface area (Å²) in [5.41, 5.74) is 3.56. The number of hydrogen-bond donors (Lipinski definition) is 2. The summed E-state index contributed by atoms with van der Waals surface area (Å²) in [7, 11) is 0. The molecule has 0 aromatic heterocycles. The van der Waals surface area contributed by atoms with E-state index in [9.17, 15) is 9.59 Å². The first-order valence-electron chi connectivity index (χ1n) is 9.98. The summed E-state index contributed by atoms with van der Waals surface area (Å²) in [5, 5.41) is 5.67. The zero-order valence-electron chi connectivity index (χ0n) is 17.1. The molecule has 0 radical (unpaired) electrons. The molecular weight excluding hydrogens is 366 g/mol. The Kier molecular flexibility index (Phi) is 6.54. The Labute approximate surface area is 171 Å². The van der Waals surface area contributed by atoms with Gasteiger partial charge < -0.3 is 20.3 Å². The molecule has 0 saturated heterocycles. The largest absolute Gasteiger partial charge is 0.463 e. The van der Waals surface area contributed by atoms with Gasteiger partial charge in [-0.15, -0.1) is 0 Å². The number of anilines is 1. The third kappa shape index (κ3) is 4.42. The van der Waals surface area contributed by atoms with Crippen molar-refractivity contribution < 1.29 is 14.3 Å². The third-order valence-electron chi connectivity index (χ3n) is 4.98. The van der Waals surface area contributed by atoms with Crippen LogP contribution in [0.3, 0.4) is 0 Å². The van der Waals surface area contributed by atoms with Crippen LogP contribution in [0.15, 0.2) is 60.2 Å². The molecule has 2 aromatic rings. The molecule has 6 heteroatoms. The van der Waals surface area contributed by atoms with Crippen LogP contribution in [0.4, 0.5) is 10.5 Å². The van der Waals surface area contributed by atoms with Crippen LogP contribution in [-0.2, 0) is 9.53 Å². The minimum atomic E-state index is -0.594. The molecule has 1 heterocycles. The van der Waals surface area contributed by atoms with E-state index in [0.29, 0.717) is 11.3 Å². The summed E-state index contributed by atoms with van der Waals surface area (Å²) in [6.45, 7) is 8.06. The minimum Gasteiger partial charge on any atom is -0.463 e. The van der Waals surface area contributed by atoms with Gasteiger partial charge in [0.05, 0.1) is 23.9 Å². The molecule has 0 bridgehead atoms.